The second-order valence-electron chi connectivity index (χ2n) is 4.60. The van der Waals surface area contributed by atoms with Gasteiger partial charge in [-0.1, -0.05) is 12.1 Å². The predicted octanol–water partition coefficient (Wildman–Crippen LogP) is 1.00. The number of carbonyl (C=O) groups excluding carboxylic acids is 1. The number of β-amino-alcohol motifs (C(OH)–C–C–N with tert-alkyl or cyclic N) is 1. The highest BCUT2D eigenvalue weighted by molar-refractivity contribution is 5.92. The van der Waals surface area contributed by atoms with Crippen molar-refractivity contribution in [3.05, 3.63) is 29.8 Å². The van der Waals surface area contributed by atoms with Crippen molar-refractivity contribution in [1.82, 2.24) is 4.90 Å². The zero-order chi connectivity index (χ0) is 12.3. The Morgan fingerprint density at radius 3 is 3.06 bits per heavy atom. The maximum Gasteiger partial charge on any atom is 0.238 e. The second-order valence-corrected chi connectivity index (χ2v) is 4.60. The molecule has 2 N–H and O–H groups in total. The lowest BCUT2D eigenvalue weighted by atomic mass is 10.2. The molecule has 92 valence electrons. The maximum absolute atomic E-state index is 11.8. The molecule has 0 radical (unpaired) electrons. The maximum atomic E-state index is 11.8. The number of nitrogens with one attached hydrogen (secondary N) is 1. The van der Waals surface area contributed by atoms with Crippen LogP contribution in [0.2, 0.25) is 0 Å². The van der Waals surface area contributed by atoms with Crippen molar-refractivity contribution in [2.24, 2.45) is 0 Å². The first-order valence-electron chi connectivity index (χ1n) is 5.90. The number of anilines is 1. The highest BCUT2D eigenvalue weighted by Gasteiger charge is 2.21. The Morgan fingerprint density at radius 1 is 1.59 bits per heavy atom. The summed E-state index contributed by atoms with van der Waals surface area (Å²) in [6.45, 7) is 3.74. The van der Waals surface area contributed by atoms with E-state index >= 15 is 0 Å². The van der Waals surface area contributed by atoms with Crippen molar-refractivity contribution in [1.29, 1.82) is 0 Å². The van der Waals surface area contributed by atoms with Gasteiger partial charge in [0.25, 0.3) is 0 Å². The van der Waals surface area contributed by atoms with Crippen LogP contribution in [-0.4, -0.2) is 41.7 Å². The lowest BCUT2D eigenvalue weighted by Crippen LogP contribution is -2.32. The number of aliphatic hydroxyl groups is 1. The Kier molecular flexibility index (Phi) is 3.76. The molecule has 4 heteroatoms. The van der Waals surface area contributed by atoms with Crippen molar-refractivity contribution in [3.63, 3.8) is 0 Å². The zero-order valence-electron chi connectivity index (χ0n) is 10.0. The molecular weight excluding hydrogens is 216 g/mol. The number of likely N-dealkylation sites (tertiary alicyclic amines) is 1. The smallest absolute Gasteiger partial charge is 0.238 e. The molecule has 1 heterocycles. The molecule has 1 aliphatic heterocycles. The van der Waals surface area contributed by atoms with Crippen molar-refractivity contribution in [2.45, 2.75) is 19.4 Å². The van der Waals surface area contributed by atoms with Gasteiger partial charge in [0.2, 0.25) is 5.91 Å². The highest BCUT2D eigenvalue weighted by atomic mass is 16.3. The van der Waals surface area contributed by atoms with E-state index < -0.39 is 0 Å². The van der Waals surface area contributed by atoms with Gasteiger partial charge in [0.1, 0.15) is 0 Å². The minimum absolute atomic E-state index is 0.0234. The Morgan fingerprint density at radius 2 is 2.41 bits per heavy atom. The molecule has 0 aromatic heterocycles. The van der Waals surface area contributed by atoms with Crippen LogP contribution in [0.15, 0.2) is 24.3 Å². The quantitative estimate of drug-likeness (QED) is 0.820. The number of aryl methyl sites for hydroxylation is 1. The van der Waals surface area contributed by atoms with E-state index in [2.05, 4.69) is 5.32 Å². The molecule has 0 saturated carbocycles. The Labute approximate surface area is 101 Å². The minimum Gasteiger partial charge on any atom is -0.392 e. The topological polar surface area (TPSA) is 52.6 Å². The second kappa shape index (κ2) is 5.29. The van der Waals surface area contributed by atoms with Crippen molar-refractivity contribution in [3.8, 4) is 0 Å². The number of nitrogens with zero attached hydrogens (tertiary/aromatic N) is 1. The van der Waals surface area contributed by atoms with E-state index in [9.17, 15) is 9.90 Å². The molecule has 2 rings (SSSR count). The Bertz CT molecular complexity index is 406. The van der Waals surface area contributed by atoms with Crippen molar-refractivity contribution < 1.29 is 9.90 Å². The third kappa shape index (κ3) is 3.54. The van der Waals surface area contributed by atoms with Gasteiger partial charge in [-0.25, -0.2) is 0 Å². The molecular formula is C13H18N2O2. The number of carbonyl (C=O) groups is 1. The standard InChI is InChI=1S/C13H18N2O2/c1-10-3-2-4-11(7-10)14-13(17)9-15-6-5-12(16)8-15/h2-4,7,12,16H,5-6,8-9H2,1H3,(H,14,17)/t12-/m1/s1. The van der Waals surface area contributed by atoms with E-state index in [0.29, 0.717) is 13.1 Å². The van der Waals surface area contributed by atoms with Crippen LogP contribution in [0.1, 0.15) is 12.0 Å². The molecule has 17 heavy (non-hydrogen) atoms. The average molecular weight is 234 g/mol. The summed E-state index contributed by atoms with van der Waals surface area (Å²) in [6.07, 6.45) is 0.485. The first-order chi connectivity index (χ1) is 8.13. The van der Waals surface area contributed by atoms with Crippen LogP contribution in [0.25, 0.3) is 0 Å². The Hall–Kier alpha value is -1.39. The largest absolute Gasteiger partial charge is 0.392 e. The van der Waals surface area contributed by atoms with Crippen LogP contribution < -0.4 is 5.32 Å². The summed E-state index contributed by atoms with van der Waals surface area (Å²) in [5.74, 6) is -0.0234. The fraction of sp³-hybridized carbons (Fsp3) is 0.462. The van der Waals surface area contributed by atoms with Gasteiger partial charge in [-0.2, -0.15) is 0 Å². The van der Waals surface area contributed by atoms with Crippen molar-refractivity contribution in [2.75, 3.05) is 25.0 Å². The number of benzene rings is 1. The Balaban J connectivity index is 1.85. The molecule has 0 spiro atoms. The molecule has 4 nitrogen and oxygen atoms in total. The first-order valence-corrected chi connectivity index (χ1v) is 5.90. The van der Waals surface area contributed by atoms with E-state index in [-0.39, 0.29) is 12.0 Å². The third-order valence-electron chi connectivity index (χ3n) is 2.92. The monoisotopic (exact) mass is 234 g/mol. The number of amides is 1. The van der Waals surface area contributed by atoms with E-state index in [1.54, 1.807) is 0 Å². The number of hydrogen-bond acceptors (Lipinski definition) is 3. The molecule has 1 amide bonds. The average Bonchev–Trinajstić information content (AvgIpc) is 2.63. The molecule has 1 aromatic rings. The summed E-state index contributed by atoms with van der Waals surface area (Å²) in [4.78, 5) is 13.7. The number of rotatable bonds is 3. The molecule has 1 aromatic carbocycles. The fourth-order valence-electron chi connectivity index (χ4n) is 2.08. The first kappa shape index (κ1) is 12.1. The zero-order valence-corrected chi connectivity index (χ0v) is 10.0. The van der Waals surface area contributed by atoms with Gasteiger partial charge in [0, 0.05) is 18.8 Å². The lowest BCUT2D eigenvalue weighted by Gasteiger charge is -2.14. The third-order valence-corrected chi connectivity index (χ3v) is 2.92. The van der Waals surface area contributed by atoms with Crippen LogP contribution in [0.3, 0.4) is 0 Å². The predicted molar refractivity (Wildman–Crippen MR) is 66.9 cm³/mol. The van der Waals surface area contributed by atoms with E-state index in [0.717, 1.165) is 24.2 Å². The normalized spacial score (nSPS) is 20.5. The van der Waals surface area contributed by atoms with Gasteiger partial charge in [0.15, 0.2) is 0 Å². The molecule has 0 aliphatic carbocycles. The van der Waals surface area contributed by atoms with Gasteiger partial charge in [0.05, 0.1) is 12.6 Å². The molecule has 1 aliphatic rings. The van der Waals surface area contributed by atoms with Crippen LogP contribution in [0.5, 0.6) is 0 Å². The van der Waals surface area contributed by atoms with Crippen LogP contribution in [-0.2, 0) is 4.79 Å². The summed E-state index contributed by atoms with van der Waals surface area (Å²) in [6, 6.07) is 7.73. The highest BCUT2D eigenvalue weighted by Crippen LogP contribution is 2.11. The molecule has 0 unspecified atom stereocenters. The van der Waals surface area contributed by atoms with Gasteiger partial charge in [-0.3, -0.25) is 9.69 Å². The number of hydrogen-bond donors (Lipinski definition) is 2. The summed E-state index contributed by atoms with van der Waals surface area (Å²) < 4.78 is 0. The summed E-state index contributed by atoms with van der Waals surface area (Å²) in [5.41, 5.74) is 1.95. The number of aliphatic hydroxyl groups excluding tert-OH is 1. The molecule has 0 bridgehead atoms. The van der Waals surface area contributed by atoms with E-state index in [1.807, 2.05) is 36.1 Å². The minimum atomic E-state index is -0.276. The van der Waals surface area contributed by atoms with E-state index in [4.69, 9.17) is 0 Å². The fourth-order valence-corrected chi connectivity index (χ4v) is 2.08. The van der Waals surface area contributed by atoms with Crippen molar-refractivity contribution >= 4 is 11.6 Å². The summed E-state index contributed by atoms with van der Waals surface area (Å²) >= 11 is 0. The van der Waals surface area contributed by atoms with Gasteiger partial charge >= 0.3 is 0 Å². The lowest BCUT2D eigenvalue weighted by molar-refractivity contribution is -0.117. The summed E-state index contributed by atoms with van der Waals surface area (Å²) in [7, 11) is 0. The van der Waals surface area contributed by atoms with E-state index in [1.165, 1.54) is 0 Å². The van der Waals surface area contributed by atoms with Crippen LogP contribution in [0, 0.1) is 6.92 Å². The SMILES string of the molecule is Cc1cccc(NC(=O)CN2CC[C@@H](O)C2)c1. The summed E-state index contributed by atoms with van der Waals surface area (Å²) in [5, 5.41) is 12.2. The van der Waals surface area contributed by atoms with Crippen LogP contribution in [0.4, 0.5) is 5.69 Å². The molecule has 1 saturated heterocycles. The van der Waals surface area contributed by atoms with Gasteiger partial charge in [-0.05, 0) is 31.0 Å². The van der Waals surface area contributed by atoms with Gasteiger partial charge in [-0.15, -0.1) is 0 Å². The van der Waals surface area contributed by atoms with Gasteiger partial charge < -0.3 is 10.4 Å². The van der Waals surface area contributed by atoms with Crippen LogP contribution >= 0.6 is 0 Å². The molecule has 1 atom stereocenters. The molecule has 1 fully saturated rings.